The zero-order chi connectivity index (χ0) is 14.8. The van der Waals surface area contributed by atoms with Gasteiger partial charge in [0, 0.05) is 43.4 Å². The minimum atomic E-state index is 0.250. The molecule has 1 aromatic heterocycles. The first-order chi connectivity index (χ1) is 10.2. The average molecular weight is 289 g/mol. The van der Waals surface area contributed by atoms with Crippen molar-refractivity contribution in [2.24, 2.45) is 0 Å². The number of hydrogen-bond donors (Lipinski definition) is 1. The highest BCUT2D eigenvalue weighted by molar-refractivity contribution is 5.29. The molecule has 1 aliphatic carbocycles. The lowest BCUT2D eigenvalue weighted by Gasteiger charge is -2.33. The Labute approximate surface area is 127 Å². The van der Waals surface area contributed by atoms with Gasteiger partial charge in [-0.05, 0) is 38.6 Å². The predicted octanol–water partition coefficient (Wildman–Crippen LogP) is 2.06. The molecule has 0 atom stereocenters. The molecule has 3 rings (SSSR count). The summed E-state index contributed by atoms with van der Waals surface area (Å²) in [5.74, 6) is 0. The number of likely N-dealkylation sites (N-methyl/N-ethyl adjacent to an activating group) is 1. The number of pyridine rings is 1. The van der Waals surface area contributed by atoms with Gasteiger partial charge in [0.2, 0.25) is 0 Å². The van der Waals surface area contributed by atoms with Crippen LogP contribution in [0.25, 0.3) is 0 Å². The Bertz CT molecular complexity index is 558. The largest absolute Gasteiger partial charge is 0.315 e. The number of fused-ring (bicyclic) bond motifs is 1. The summed E-state index contributed by atoms with van der Waals surface area (Å²) in [6.45, 7) is 2.70. The predicted molar refractivity (Wildman–Crippen MR) is 85.6 cm³/mol. The Morgan fingerprint density at radius 2 is 2.05 bits per heavy atom. The van der Waals surface area contributed by atoms with E-state index in [4.69, 9.17) is 0 Å². The van der Waals surface area contributed by atoms with E-state index in [-0.39, 0.29) is 5.56 Å². The molecule has 2 heterocycles. The third-order valence-electron chi connectivity index (χ3n) is 4.98. The second-order valence-electron chi connectivity index (χ2n) is 6.63. The van der Waals surface area contributed by atoms with Crippen molar-refractivity contribution in [3.8, 4) is 0 Å². The Hall–Kier alpha value is -1.13. The van der Waals surface area contributed by atoms with E-state index in [9.17, 15) is 4.79 Å². The van der Waals surface area contributed by atoms with Gasteiger partial charge >= 0.3 is 0 Å². The molecule has 0 unspecified atom stereocenters. The molecule has 4 nitrogen and oxygen atoms in total. The van der Waals surface area contributed by atoms with Gasteiger partial charge in [0.25, 0.3) is 5.56 Å². The fourth-order valence-electron chi connectivity index (χ4n) is 3.91. The van der Waals surface area contributed by atoms with Crippen molar-refractivity contribution in [1.82, 2.24) is 14.8 Å². The summed E-state index contributed by atoms with van der Waals surface area (Å²) >= 11 is 0. The normalized spacial score (nSPS) is 20.5. The van der Waals surface area contributed by atoms with Gasteiger partial charge in [-0.15, -0.1) is 0 Å². The summed E-state index contributed by atoms with van der Waals surface area (Å²) in [5, 5.41) is 3.15. The maximum atomic E-state index is 12.9. The standard InChI is InChI=1S/C17H27N3O/c1-18-11-13-10-14-12-19(2)9-8-16(14)20(17(13)21)15-6-4-3-5-7-15/h10,15,18H,3-9,11-12H2,1-2H3. The van der Waals surface area contributed by atoms with Crippen LogP contribution >= 0.6 is 0 Å². The molecule has 1 fully saturated rings. The van der Waals surface area contributed by atoms with Gasteiger partial charge < -0.3 is 14.8 Å². The summed E-state index contributed by atoms with van der Waals surface area (Å²) in [6.07, 6.45) is 7.21. The highest BCUT2D eigenvalue weighted by Crippen LogP contribution is 2.30. The smallest absolute Gasteiger partial charge is 0.255 e. The lowest BCUT2D eigenvalue weighted by Crippen LogP contribution is -2.38. The van der Waals surface area contributed by atoms with Gasteiger partial charge in [-0.25, -0.2) is 0 Å². The molecule has 1 saturated carbocycles. The van der Waals surface area contributed by atoms with E-state index >= 15 is 0 Å². The molecule has 0 saturated heterocycles. The Morgan fingerprint density at radius 3 is 2.76 bits per heavy atom. The molecule has 0 bridgehead atoms. The first-order valence-corrected chi connectivity index (χ1v) is 8.30. The maximum absolute atomic E-state index is 12.9. The van der Waals surface area contributed by atoms with Crippen molar-refractivity contribution in [2.45, 2.75) is 57.7 Å². The third kappa shape index (κ3) is 2.92. The molecule has 4 heteroatoms. The second kappa shape index (κ2) is 6.32. The lowest BCUT2D eigenvalue weighted by atomic mass is 9.93. The summed E-state index contributed by atoms with van der Waals surface area (Å²) in [6, 6.07) is 2.57. The monoisotopic (exact) mass is 289 g/mol. The van der Waals surface area contributed by atoms with Crippen molar-refractivity contribution >= 4 is 0 Å². The van der Waals surface area contributed by atoms with Crippen LogP contribution in [0.15, 0.2) is 10.9 Å². The van der Waals surface area contributed by atoms with Gasteiger partial charge in [-0.2, -0.15) is 0 Å². The zero-order valence-electron chi connectivity index (χ0n) is 13.3. The van der Waals surface area contributed by atoms with E-state index in [1.165, 1.54) is 43.4 Å². The zero-order valence-corrected chi connectivity index (χ0v) is 13.3. The van der Waals surface area contributed by atoms with E-state index in [1.54, 1.807) is 0 Å². The van der Waals surface area contributed by atoms with Crippen LogP contribution in [-0.2, 0) is 19.5 Å². The van der Waals surface area contributed by atoms with Crippen LogP contribution in [-0.4, -0.2) is 30.1 Å². The van der Waals surface area contributed by atoms with Crippen LogP contribution < -0.4 is 10.9 Å². The van der Waals surface area contributed by atoms with Crippen LogP contribution in [0.2, 0.25) is 0 Å². The molecule has 0 amide bonds. The van der Waals surface area contributed by atoms with Gasteiger partial charge in [-0.3, -0.25) is 4.79 Å². The molecule has 0 aromatic carbocycles. The fraction of sp³-hybridized carbons (Fsp3) is 0.706. The average Bonchev–Trinajstić information content (AvgIpc) is 2.49. The van der Waals surface area contributed by atoms with Crippen LogP contribution in [0.1, 0.15) is 55.0 Å². The first kappa shape index (κ1) is 14.8. The first-order valence-electron chi connectivity index (χ1n) is 8.30. The molecule has 1 aromatic rings. The molecule has 0 radical (unpaired) electrons. The maximum Gasteiger partial charge on any atom is 0.255 e. The number of aromatic nitrogens is 1. The van der Waals surface area contributed by atoms with Gasteiger partial charge in [0.05, 0.1) is 0 Å². The van der Waals surface area contributed by atoms with Crippen molar-refractivity contribution < 1.29 is 0 Å². The molecular formula is C17H27N3O. The van der Waals surface area contributed by atoms with Gasteiger partial charge in [0.1, 0.15) is 0 Å². The SMILES string of the molecule is CNCc1cc2c(n(C3CCCCC3)c1=O)CCN(C)C2. The molecular weight excluding hydrogens is 262 g/mol. The van der Waals surface area contributed by atoms with Crippen molar-refractivity contribution in [3.63, 3.8) is 0 Å². The van der Waals surface area contributed by atoms with Crippen molar-refractivity contribution in [2.75, 3.05) is 20.6 Å². The number of nitrogens with one attached hydrogen (secondary N) is 1. The van der Waals surface area contributed by atoms with Crippen LogP contribution in [0.4, 0.5) is 0 Å². The highest BCUT2D eigenvalue weighted by atomic mass is 16.1. The third-order valence-corrected chi connectivity index (χ3v) is 4.98. The van der Waals surface area contributed by atoms with Crippen LogP contribution in [0.3, 0.4) is 0 Å². The topological polar surface area (TPSA) is 37.3 Å². The van der Waals surface area contributed by atoms with E-state index in [0.717, 1.165) is 25.1 Å². The minimum absolute atomic E-state index is 0.250. The molecule has 1 N–H and O–H groups in total. The highest BCUT2D eigenvalue weighted by Gasteiger charge is 2.25. The summed E-state index contributed by atoms with van der Waals surface area (Å²) < 4.78 is 2.17. The number of hydrogen-bond acceptors (Lipinski definition) is 3. The second-order valence-corrected chi connectivity index (χ2v) is 6.63. The fourth-order valence-corrected chi connectivity index (χ4v) is 3.91. The molecule has 0 spiro atoms. The Morgan fingerprint density at radius 1 is 1.29 bits per heavy atom. The summed E-state index contributed by atoms with van der Waals surface area (Å²) in [7, 11) is 4.08. The molecule has 2 aliphatic rings. The van der Waals surface area contributed by atoms with Crippen LogP contribution in [0.5, 0.6) is 0 Å². The van der Waals surface area contributed by atoms with E-state index in [0.29, 0.717) is 12.6 Å². The van der Waals surface area contributed by atoms with E-state index in [1.807, 2.05) is 7.05 Å². The molecule has 21 heavy (non-hydrogen) atoms. The molecule has 116 valence electrons. The quantitative estimate of drug-likeness (QED) is 0.925. The Kier molecular flexibility index (Phi) is 4.45. The number of nitrogens with zero attached hydrogens (tertiary/aromatic N) is 2. The van der Waals surface area contributed by atoms with E-state index in [2.05, 4.69) is 27.9 Å². The summed E-state index contributed by atoms with van der Waals surface area (Å²) in [4.78, 5) is 15.3. The minimum Gasteiger partial charge on any atom is -0.315 e. The van der Waals surface area contributed by atoms with Gasteiger partial charge in [0.15, 0.2) is 0 Å². The van der Waals surface area contributed by atoms with Crippen molar-refractivity contribution in [3.05, 3.63) is 33.2 Å². The lowest BCUT2D eigenvalue weighted by molar-refractivity contribution is 0.285. The van der Waals surface area contributed by atoms with E-state index < -0.39 is 0 Å². The van der Waals surface area contributed by atoms with Gasteiger partial charge in [-0.1, -0.05) is 19.3 Å². The molecule has 1 aliphatic heterocycles. The number of rotatable bonds is 3. The summed E-state index contributed by atoms with van der Waals surface area (Å²) in [5.41, 5.74) is 3.85. The van der Waals surface area contributed by atoms with Crippen LogP contribution in [0, 0.1) is 0 Å². The Balaban J connectivity index is 2.08. The van der Waals surface area contributed by atoms with Crippen molar-refractivity contribution in [1.29, 1.82) is 0 Å².